The Bertz CT molecular complexity index is 703. The zero-order valence-corrected chi connectivity index (χ0v) is 10.4. The number of carboxylic acids is 1. The van der Waals surface area contributed by atoms with Gasteiger partial charge in [-0.05, 0) is 17.5 Å². The average molecular weight is 280 g/mol. The molecule has 0 aliphatic heterocycles. The molecular formula is C13H10F2N2O3. The van der Waals surface area contributed by atoms with Crippen LogP contribution in [0.15, 0.2) is 24.4 Å². The van der Waals surface area contributed by atoms with Gasteiger partial charge in [-0.15, -0.1) is 0 Å². The molecule has 0 aliphatic rings. The van der Waals surface area contributed by atoms with Crippen LogP contribution < -0.4 is 0 Å². The highest BCUT2D eigenvalue weighted by molar-refractivity contribution is 6.05. The largest absolute Gasteiger partial charge is 0.480 e. The Morgan fingerprint density at radius 3 is 2.70 bits per heavy atom. The predicted octanol–water partition coefficient (Wildman–Crippen LogP) is 1.67. The normalized spacial score (nSPS) is 10.6. The molecule has 0 atom stereocenters. The lowest BCUT2D eigenvalue weighted by atomic mass is 10.1. The van der Waals surface area contributed by atoms with Gasteiger partial charge in [0.1, 0.15) is 23.9 Å². The van der Waals surface area contributed by atoms with Crippen molar-refractivity contribution in [2.45, 2.75) is 0 Å². The average Bonchev–Trinajstić information content (AvgIpc) is 2.35. The second-order valence-electron chi connectivity index (χ2n) is 4.20. The van der Waals surface area contributed by atoms with Gasteiger partial charge < -0.3 is 10.0 Å². The van der Waals surface area contributed by atoms with E-state index in [9.17, 15) is 18.4 Å². The van der Waals surface area contributed by atoms with E-state index in [0.29, 0.717) is 6.07 Å². The maximum absolute atomic E-state index is 13.8. The Labute approximate surface area is 112 Å². The quantitative estimate of drug-likeness (QED) is 0.928. The van der Waals surface area contributed by atoms with Crippen molar-refractivity contribution in [1.82, 2.24) is 9.88 Å². The fourth-order valence-corrected chi connectivity index (χ4v) is 1.85. The highest BCUT2D eigenvalue weighted by Crippen LogP contribution is 2.22. The van der Waals surface area contributed by atoms with Gasteiger partial charge in [-0.3, -0.25) is 14.6 Å². The summed E-state index contributed by atoms with van der Waals surface area (Å²) >= 11 is 0. The highest BCUT2D eigenvalue weighted by atomic mass is 19.1. The Kier molecular flexibility index (Phi) is 3.60. The first-order valence-electron chi connectivity index (χ1n) is 5.61. The number of aromatic nitrogens is 1. The molecule has 2 rings (SSSR count). The highest BCUT2D eigenvalue weighted by Gasteiger charge is 2.20. The molecule has 1 aromatic carbocycles. The number of aliphatic carboxylic acids is 1. The van der Waals surface area contributed by atoms with Gasteiger partial charge in [0.05, 0.1) is 0 Å². The van der Waals surface area contributed by atoms with Gasteiger partial charge >= 0.3 is 5.97 Å². The first-order valence-corrected chi connectivity index (χ1v) is 5.61. The van der Waals surface area contributed by atoms with Crippen LogP contribution in [0.2, 0.25) is 0 Å². The molecule has 0 radical (unpaired) electrons. The molecule has 0 bridgehead atoms. The maximum atomic E-state index is 13.8. The van der Waals surface area contributed by atoms with Crippen LogP contribution in [-0.2, 0) is 4.79 Å². The lowest BCUT2D eigenvalue weighted by Crippen LogP contribution is -2.32. The molecule has 1 heterocycles. The molecule has 1 amide bonds. The summed E-state index contributed by atoms with van der Waals surface area (Å²) in [5.74, 6) is -3.63. The van der Waals surface area contributed by atoms with E-state index in [1.54, 1.807) is 0 Å². The SMILES string of the molecule is CN(CC(=O)O)C(=O)c1nccc2cc(F)cc(F)c12. The van der Waals surface area contributed by atoms with E-state index in [4.69, 9.17) is 5.11 Å². The first kappa shape index (κ1) is 13.9. The summed E-state index contributed by atoms with van der Waals surface area (Å²) in [6, 6.07) is 3.10. The summed E-state index contributed by atoms with van der Waals surface area (Å²) in [6.45, 7) is -0.542. The van der Waals surface area contributed by atoms with Crippen LogP contribution in [-0.4, -0.2) is 40.5 Å². The van der Waals surface area contributed by atoms with Crippen LogP contribution >= 0.6 is 0 Å². The molecule has 104 valence electrons. The molecule has 1 aromatic heterocycles. The van der Waals surface area contributed by atoms with Crippen LogP contribution in [0.5, 0.6) is 0 Å². The van der Waals surface area contributed by atoms with E-state index < -0.39 is 30.1 Å². The molecule has 0 unspecified atom stereocenters. The summed E-state index contributed by atoms with van der Waals surface area (Å²) in [6.07, 6.45) is 1.24. The molecule has 0 aliphatic carbocycles. The number of pyridine rings is 1. The monoisotopic (exact) mass is 280 g/mol. The summed E-state index contributed by atoms with van der Waals surface area (Å²) in [5, 5.41) is 8.70. The summed E-state index contributed by atoms with van der Waals surface area (Å²) in [4.78, 5) is 27.3. The van der Waals surface area contributed by atoms with Crippen LogP contribution in [0.3, 0.4) is 0 Å². The number of hydrogen-bond acceptors (Lipinski definition) is 3. The van der Waals surface area contributed by atoms with Crippen molar-refractivity contribution < 1.29 is 23.5 Å². The summed E-state index contributed by atoms with van der Waals surface area (Å²) < 4.78 is 27.0. The third kappa shape index (κ3) is 2.56. The van der Waals surface area contributed by atoms with E-state index in [2.05, 4.69) is 4.98 Å². The lowest BCUT2D eigenvalue weighted by Gasteiger charge is -2.15. The molecule has 0 saturated carbocycles. The van der Waals surface area contributed by atoms with Crippen molar-refractivity contribution in [1.29, 1.82) is 0 Å². The van der Waals surface area contributed by atoms with E-state index in [1.807, 2.05) is 0 Å². The number of carboxylic acid groups (broad SMARTS) is 1. The Balaban J connectivity index is 2.55. The zero-order valence-electron chi connectivity index (χ0n) is 10.4. The molecular weight excluding hydrogens is 270 g/mol. The van der Waals surface area contributed by atoms with Gasteiger partial charge in [0, 0.05) is 24.7 Å². The number of nitrogens with zero attached hydrogens (tertiary/aromatic N) is 2. The second-order valence-corrected chi connectivity index (χ2v) is 4.20. The van der Waals surface area contributed by atoms with Gasteiger partial charge in [-0.1, -0.05) is 0 Å². The van der Waals surface area contributed by atoms with E-state index in [-0.39, 0.29) is 16.5 Å². The predicted molar refractivity (Wildman–Crippen MR) is 66.3 cm³/mol. The smallest absolute Gasteiger partial charge is 0.323 e. The standard InChI is InChI=1S/C13H10F2N2O3/c1-17(6-10(18)19)13(20)12-11-7(2-3-16-12)4-8(14)5-9(11)15/h2-5H,6H2,1H3,(H,18,19). The Morgan fingerprint density at radius 2 is 2.05 bits per heavy atom. The van der Waals surface area contributed by atoms with E-state index >= 15 is 0 Å². The van der Waals surface area contributed by atoms with Crippen molar-refractivity contribution in [3.8, 4) is 0 Å². The van der Waals surface area contributed by atoms with Crippen LogP contribution in [0.1, 0.15) is 10.5 Å². The Hall–Kier alpha value is -2.57. The van der Waals surface area contributed by atoms with Crippen molar-refractivity contribution in [3.63, 3.8) is 0 Å². The zero-order chi connectivity index (χ0) is 14.9. The molecule has 20 heavy (non-hydrogen) atoms. The molecule has 5 nitrogen and oxygen atoms in total. The number of halogens is 2. The first-order chi connectivity index (χ1) is 9.40. The molecule has 0 saturated heterocycles. The molecule has 2 aromatic rings. The summed E-state index contributed by atoms with van der Waals surface area (Å²) in [5.41, 5.74) is -0.247. The minimum atomic E-state index is -1.20. The van der Waals surface area contributed by atoms with Crippen LogP contribution in [0, 0.1) is 11.6 Å². The fourth-order valence-electron chi connectivity index (χ4n) is 1.85. The number of amides is 1. The molecule has 0 spiro atoms. The molecule has 0 fully saturated rings. The minimum absolute atomic E-state index is 0.129. The second kappa shape index (κ2) is 5.20. The molecule has 7 heteroatoms. The van der Waals surface area contributed by atoms with Gasteiger partial charge in [0.25, 0.3) is 5.91 Å². The van der Waals surface area contributed by atoms with Crippen molar-refractivity contribution >= 4 is 22.6 Å². The van der Waals surface area contributed by atoms with Crippen LogP contribution in [0.4, 0.5) is 8.78 Å². The maximum Gasteiger partial charge on any atom is 0.323 e. The van der Waals surface area contributed by atoms with Crippen molar-refractivity contribution in [3.05, 3.63) is 41.7 Å². The third-order valence-electron chi connectivity index (χ3n) is 2.70. The number of rotatable bonds is 3. The van der Waals surface area contributed by atoms with Gasteiger partial charge in [-0.25, -0.2) is 8.78 Å². The number of fused-ring (bicyclic) bond motifs is 1. The third-order valence-corrected chi connectivity index (χ3v) is 2.70. The topological polar surface area (TPSA) is 70.5 Å². The van der Waals surface area contributed by atoms with E-state index in [1.165, 1.54) is 19.3 Å². The van der Waals surface area contributed by atoms with Gasteiger partial charge in [0.2, 0.25) is 0 Å². The van der Waals surface area contributed by atoms with Crippen molar-refractivity contribution in [2.75, 3.05) is 13.6 Å². The number of carbonyl (C=O) groups excluding carboxylic acids is 1. The lowest BCUT2D eigenvalue weighted by molar-refractivity contribution is -0.137. The van der Waals surface area contributed by atoms with E-state index in [0.717, 1.165) is 11.0 Å². The number of carbonyl (C=O) groups is 2. The van der Waals surface area contributed by atoms with Crippen molar-refractivity contribution in [2.24, 2.45) is 0 Å². The minimum Gasteiger partial charge on any atom is -0.480 e. The fraction of sp³-hybridized carbons (Fsp3) is 0.154. The number of likely N-dealkylation sites (N-methyl/N-ethyl adjacent to an activating group) is 1. The number of benzene rings is 1. The number of hydrogen-bond donors (Lipinski definition) is 1. The summed E-state index contributed by atoms with van der Waals surface area (Å²) in [7, 11) is 1.26. The molecule has 1 N–H and O–H groups in total. The van der Waals surface area contributed by atoms with Gasteiger partial charge in [-0.2, -0.15) is 0 Å². The van der Waals surface area contributed by atoms with Gasteiger partial charge in [0.15, 0.2) is 0 Å². The van der Waals surface area contributed by atoms with Crippen LogP contribution in [0.25, 0.3) is 10.8 Å². The Morgan fingerprint density at radius 1 is 1.35 bits per heavy atom.